The van der Waals surface area contributed by atoms with Crippen LogP contribution in [0.25, 0.3) is 0 Å². The number of hydrogen-bond acceptors (Lipinski definition) is 2. The molecule has 0 rings (SSSR count). The lowest BCUT2D eigenvalue weighted by molar-refractivity contribution is 0.272. The highest BCUT2D eigenvalue weighted by Crippen LogP contribution is 1.97. The van der Waals surface area contributed by atoms with Crippen molar-refractivity contribution in [2.75, 3.05) is 14.1 Å². The molecule has 0 aliphatic rings. The minimum Gasteiger partial charge on any atom is -0.381 e. The summed E-state index contributed by atoms with van der Waals surface area (Å²) in [6.45, 7) is 7.46. The molecule has 0 aliphatic heterocycles. The third-order valence-electron chi connectivity index (χ3n) is 1.34. The third-order valence-corrected chi connectivity index (χ3v) is 1.34. The Morgan fingerprint density at radius 3 is 2.25 bits per heavy atom. The number of aliphatic hydroxyl groups is 1. The number of hydrogen-bond donors (Lipinski definition) is 1. The van der Waals surface area contributed by atoms with Gasteiger partial charge in [-0.05, 0) is 13.8 Å². The van der Waals surface area contributed by atoms with E-state index in [1.807, 2.05) is 27.9 Å². The Labute approximate surface area is 74.4 Å². The third kappa shape index (κ3) is 3.53. The predicted octanol–water partition coefficient (Wildman–Crippen LogP) is 0.902. The number of amidine groups is 1. The van der Waals surface area contributed by atoms with E-state index in [-0.39, 0.29) is 6.04 Å². The van der Waals surface area contributed by atoms with Crippen LogP contribution in [0.5, 0.6) is 0 Å². The van der Waals surface area contributed by atoms with E-state index in [4.69, 9.17) is 0 Å². The van der Waals surface area contributed by atoms with Gasteiger partial charge in [0.25, 0.3) is 0 Å². The molecule has 0 saturated heterocycles. The van der Waals surface area contributed by atoms with Gasteiger partial charge in [-0.2, -0.15) is 0 Å². The molecule has 0 bridgehead atoms. The molecule has 0 aliphatic carbocycles. The maximum absolute atomic E-state index is 9.45. The first-order valence-corrected chi connectivity index (χ1v) is 4.04. The van der Waals surface area contributed by atoms with Crippen molar-refractivity contribution < 1.29 is 5.11 Å². The number of likely N-dealkylation sites (N-methyl/N-ethyl adjacent to an activating group) is 1. The quantitative estimate of drug-likeness (QED) is 0.388. The second kappa shape index (κ2) is 4.93. The Balaban J connectivity index is 4.53. The zero-order valence-corrected chi connectivity index (χ0v) is 8.28. The number of aliphatic hydroxyl groups excluding tert-OH is 1. The Kier molecular flexibility index (Phi) is 4.59. The molecule has 12 heavy (non-hydrogen) atoms. The van der Waals surface area contributed by atoms with Gasteiger partial charge < -0.3 is 10.0 Å². The molecule has 1 unspecified atom stereocenters. The summed E-state index contributed by atoms with van der Waals surface area (Å²) in [5.41, 5.74) is 0. The van der Waals surface area contributed by atoms with E-state index in [0.717, 1.165) is 0 Å². The van der Waals surface area contributed by atoms with E-state index in [2.05, 4.69) is 11.6 Å². The minimum absolute atomic E-state index is 0.192. The zero-order valence-electron chi connectivity index (χ0n) is 8.28. The maximum Gasteiger partial charge on any atom is 0.132 e. The molecule has 0 amide bonds. The molecular formula is C9H18N2O. The largest absolute Gasteiger partial charge is 0.381 e. The van der Waals surface area contributed by atoms with E-state index in [1.165, 1.54) is 6.08 Å². The van der Waals surface area contributed by atoms with Gasteiger partial charge in [-0.1, -0.05) is 6.08 Å². The summed E-state index contributed by atoms with van der Waals surface area (Å²) < 4.78 is 0. The normalized spacial score (nSPS) is 14.7. The van der Waals surface area contributed by atoms with Crippen LogP contribution < -0.4 is 0 Å². The van der Waals surface area contributed by atoms with Gasteiger partial charge in [0.15, 0.2) is 0 Å². The number of rotatable bonds is 3. The molecule has 3 nitrogen and oxygen atoms in total. The first-order chi connectivity index (χ1) is 5.49. The fourth-order valence-electron chi connectivity index (χ4n) is 0.826. The second-order valence-corrected chi connectivity index (χ2v) is 3.16. The lowest BCUT2D eigenvalue weighted by Gasteiger charge is -2.19. The lowest BCUT2D eigenvalue weighted by atomic mass is 10.3. The smallest absolute Gasteiger partial charge is 0.132 e. The Hall–Kier alpha value is -0.830. The van der Waals surface area contributed by atoms with Crippen molar-refractivity contribution in [3.05, 3.63) is 12.7 Å². The molecule has 0 heterocycles. The van der Waals surface area contributed by atoms with Crippen LogP contribution in [-0.4, -0.2) is 42.1 Å². The molecule has 0 aromatic rings. The van der Waals surface area contributed by atoms with Crippen molar-refractivity contribution in [3.63, 3.8) is 0 Å². The van der Waals surface area contributed by atoms with E-state index in [1.54, 1.807) is 4.90 Å². The van der Waals surface area contributed by atoms with Gasteiger partial charge in [-0.25, -0.2) is 0 Å². The van der Waals surface area contributed by atoms with Crippen molar-refractivity contribution in [1.82, 2.24) is 4.90 Å². The first-order valence-electron chi connectivity index (χ1n) is 4.04. The van der Waals surface area contributed by atoms with Gasteiger partial charge in [0.1, 0.15) is 11.9 Å². The molecule has 0 spiro atoms. The topological polar surface area (TPSA) is 35.8 Å². The van der Waals surface area contributed by atoms with E-state index >= 15 is 0 Å². The van der Waals surface area contributed by atoms with E-state index in [0.29, 0.717) is 5.84 Å². The van der Waals surface area contributed by atoms with Crippen molar-refractivity contribution in [3.8, 4) is 0 Å². The minimum atomic E-state index is -0.664. The summed E-state index contributed by atoms with van der Waals surface area (Å²) >= 11 is 0. The molecule has 70 valence electrons. The van der Waals surface area contributed by atoms with Crippen LogP contribution in [0.4, 0.5) is 0 Å². The van der Waals surface area contributed by atoms with Crippen molar-refractivity contribution in [1.29, 1.82) is 0 Å². The Morgan fingerprint density at radius 2 is 2.00 bits per heavy atom. The van der Waals surface area contributed by atoms with E-state index < -0.39 is 6.10 Å². The average Bonchev–Trinajstić information content (AvgIpc) is 1.98. The number of nitrogens with zero attached hydrogens (tertiary/aromatic N) is 2. The molecule has 0 aromatic heterocycles. The maximum atomic E-state index is 9.45. The van der Waals surface area contributed by atoms with Gasteiger partial charge in [0.05, 0.1) is 0 Å². The van der Waals surface area contributed by atoms with Gasteiger partial charge in [0, 0.05) is 20.1 Å². The molecule has 0 saturated carbocycles. The van der Waals surface area contributed by atoms with Crippen LogP contribution >= 0.6 is 0 Å². The summed E-state index contributed by atoms with van der Waals surface area (Å²) in [6, 6.07) is 0.192. The van der Waals surface area contributed by atoms with Crippen LogP contribution in [0, 0.1) is 0 Å². The molecular weight excluding hydrogens is 152 g/mol. The van der Waals surface area contributed by atoms with Gasteiger partial charge >= 0.3 is 0 Å². The van der Waals surface area contributed by atoms with Gasteiger partial charge in [-0.3, -0.25) is 4.99 Å². The van der Waals surface area contributed by atoms with Crippen molar-refractivity contribution in [2.45, 2.75) is 26.0 Å². The van der Waals surface area contributed by atoms with Gasteiger partial charge in [-0.15, -0.1) is 6.58 Å². The van der Waals surface area contributed by atoms with Crippen LogP contribution in [-0.2, 0) is 0 Å². The Bertz CT molecular complexity index is 173. The standard InChI is InChI=1S/C9H18N2O/c1-6-8(12)9(11(4)5)10-7(2)3/h6-8,12H,1H2,2-5H3. The summed E-state index contributed by atoms with van der Waals surface area (Å²) in [5, 5.41) is 9.45. The predicted molar refractivity (Wildman–Crippen MR) is 52.5 cm³/mol. The summed E-state index contributed by atoms with van der Waals surface area (Å²) in [7, 11) is 3.71. The number of aliphatic imine (C=N–C) groups is 1. The zero-order chi connectivity index (χ0) is 9.72. The molecule has 0 fully saturated rings. The average molecular weight is 170 g/mol. The lowest BCUT2D eigenvalue weighted by Crippen LogP contribution is -2.33. The van der Waals surface area contributed by atoms with Crippen molar-refractivity contribution >= 4 is 5.84 Å². The van der Waals surface area contributed by atoms with E-state index in [9.17, 15) is 5.11 Å². The van der Waals surface area contributed by atoms with Crippen LogP contribution in [0.3, 0.4) is 0 Å². The fourth-order valence-corrected chi connectivity index (χ4v) is 0.826. The monoisotopic (exact) mass is 170 g/mol. The molecule has 0 radical (unpaired) electrons. The van der Waals surface area contributed by atoms with Gasteiger partial charge in [0.2, 0.25) is 0 Å². The van der Waals surface area contributed by atoms with Crippen LogP contribution in [0.2, 0.25) is 0 Å². The Morgan fingerprint density at radius 1 is 1.50 bits per heavy atom. The first kappa shape index (κ1) is 11.2. The molecule has 0 aromatic carbocycles. The molecule has 1 N–H and O–H groups in total. The highest BCUT2D eigenvalue weighted by molar-refractivity contribution is 5.87. The van der Waals surface area contributed by atoms with Crippen molar-refractivity contribution in [2.24, 2.45) is 4.99 Å². The second-order valence-electron chi connectivity index (χ2n) is 3.16. The molecule has 3 heteroatoms. The summed E-state index contributed by atoms with van der Waals surface area (Å²) in [5.74, 6) is 0.653. The van der Waals surface area contributed by atoms with Crippen LogP contribution in [0.15, 0.2) is 17.6 Å². The molecule has 1 atom stereocenters. The SMILES string of the molecule is C=CC(O)C(=NC(C)C)N(C)C. The highest BCUT2D eigenvalue weighted by Gasteiger charge is 2.10. The summed E-state index contributed by atoms with van der Waals surface area (Å²) in [6.07, 6.45) is 0.809. The summed E-state index contributed by atoms with van der Waals surface area (Å²) in [4.78, 5) is 6.07. The highest BCUT2D eigenvalue weighted by atomic mass is 16.3. The fraction of sp³-hybridized carbons (Fsp3) is 0.667. The van der Waals surface area contributed by atoms with Crippen LogP contribution in [0.1, 0.15) is 13.8 Å².